The first-order chi connectivity index (χ1) is 29.0. The van der Waals surface area contributed by atoms with Gasteiger partial charge in [0.15, 0.2) is 6.10 Å². The normalized spacial score (nSPS) is 36.2. The van der Waals surface area contributed by atoms with Gasteiger partial charge < -0.3 is 39.0 Å². The molecule has 1 aliphatic carbocycles. The van der Waals surface area contributed by atoms with Gasteiger partial charge in [-0.3, -0.25) is 19.4 Å². The van der Waals surface area contributed by atoms with Crippen LogP contribution in [0.4, 0.5) is 5.69 Å². The van der Waals surface area contributed by atoms with Gasteiger partial charge in [0, 0.05) is 98.1 Å². The van der Waals surface area contributed by atoms with E-state index in [0.717, 1.165) is 40.6 Å². The largest absolute Gasteiger partial charge is 0.496 e. The Morgan fingerprint density at radius 2 is 1.67 bits per heavy atom. The number of aliphatic hydroxyl groups is 2. The zero-order valence-corrected chi connectivity index (χ0v) is 40.2. The average molecular weight is 1060 g/mol. The predicted molar refractivity (Wildman–Crippen MR) is 246 cm³/mol. The van der Waals surface area contributed by atoms with Gasteiger partial charge >= 0.3 is 17.9 Å². The fourth-order valence-electron chi connectivity index (χ4n) is 13.6. The van der Waals surface area contributed by atoms with Crippen LogP contribution >= 0.6 is 45.2 Å². The third-order valence-corrected chi connectivity index (χ3v) is 18.5. The number of rotatable bonds is 7. The number of methoxy groups -OCH3 is 3. The van der Waals surface area contributed by atoms with Gasteiger partial charge in [-0.15, -0.1) is 0 Å². The van der Waals surface area contributed by atoms with Crippen LogP contribution in [0.3, 0.4) is 0 Å². The summed E-state index contributed by atoms with van der Waals surface area (Å²) in [7, 11) is 6.17. The second kappa shape index (κ2) is 15.1. The van der Waals surface area contributed by atoms with Crippen molar-refractivity contribution in [1.82, 2.24) is 14.8 Å². The molecule has 13 nitrogen and oxygen atoms in total. The number of benzene rings is 2. The summed E-state index contributed by atoms with van der Waals surface area (Å²) >= 11 is 4.72. The molecule has 2 aromatic carbocycles. The van der Waals surface area contributed by atoms with Crippen molar-refractivity contribution in [3.05, 3.63) is 65.9 Å². The molecular formula is C46H56I2N4O9. The van der Waals surface area contributed by atoms with Crippen LogP contribution in [0.2, 0.25) is 0 Å². The van der Waals surface area contributed by atoms with E-state index in [1.807, 2.05) is 31.9 Å². The Hall–Kier alpha value is -2.97. The lowest BCUT2D eigenvalue weighted by atomic mass is 9.47. The number of carbonyl (C=O) groups excluding carboxylic acids is 3. The molecule has 1 spiro atoms. The summed E-state index contributed by atoms with van der Waals surface area (Å²) in [6, 6.07) is 7.15. The number of likely N-dealkylation sites (N-methyl/N-ethyl adjacent to an activating group) is 1. The first-order valence-electron chi connectivity index (χ1n) is 21.4. The number of hydrogen-bond donors (Lipinski definition) is 3. The number of hydrogen-bond acceptors (Lipinski definition) is 12. The van der Waals surface area contributed by atoms with Crippen molar-refractivity contribution in [3.63, 3.8) is 0 Å². The van der Waals surface area contributed by atoms with Gasteiger partial charge in [0.25, 0.3) is 0 Å². The topological polar surface area (TPSA) is 154 Å². The van der Waals surface area contributed by atoms with E-state index >= 15 is 4.79 Å². The Balaban J connectivity index is 1.37. The fourth-order valence-corrected chi connectivity index (χ4v) is 14.5. The van der Waals surface area contributed by atoms with E-state index in [-0.39, 0.29) is 12.0 Å². The van der Waals surface area contributed by atoms with Crippen LogP contribution in [0.15, 0.2) is 36.4 Å². The molecule has 1 aromatic heterocycles. The maximum atomic E-state index is 15.5. The summed E-state index contributed by atoms with van der Waals surface area (Å²) < 4.78 is 26.2. The van der Waals surface area contributed by atoms with E-state index in [1.165, 1.54) is 21.1 Å². The van der Waals surface area contributed by atoms with Gasteiger partial charge in [0.2, 0.25) is 5.60 Å². The summed E-state index contributed by atoms with van der Waals surface area (Å²) in [5.41, 5.74) is -1.66. The summed E-state index contributed by atoms with van der Waals surface area (Å²) in [4.78, 5) is 53.5. The van der Waals surface area contributed by atoms with Crippen LogP contribution in [-0.4, -0.2) is 133 Å². The lowest BCUT2D eigenvalue weighted by Gasteiger charge is -2.63. The number of anilines is 1. The molecule has 6 aliphatic rings. The summed E-state index contributed by atoms with van der Waals surface area (Å²) in [5, 5.41) is 26.5. The van der Waals surface area contributed by atoms with E-state index in [0.29, 0.717) is 82.6 Å². The van der Waals surface area contributed by atoms with Crippen molar-refractivity contribution in [2.45, 2.75) is 99.5 Å². The Morgan fingerprint density at radius 3 is 2.34 bits per heavy atom. The Bertz CT molecular complexity index is 2370. The number of aromatic amines is 1. The third kappa shape index (κ3) is 5.84. The Labute approximate surface area is 384 Å². The highest BCUT2D eigenvalue weighted by molar-refractivity contribution is 14.1. The number of ether oxygens (including phenoxy) is 4. The number of nitrogens with one attached hydrogen (secondary N) is 1. The van der Waals surface area contributed by atoms with Crippen LogP contribution in [0.1, 0.15) is 75.3 Å². The van der Waals surface area contributed by atoms with Crippen molar-refractivity contribution < 1.29 is 43.5 Å². The van der Waals surface area contributed by atoms with Gasteiger partial charge in [-0.25, -0.2) is 4.79 Å². The number of nitrogens with zero attached hydrogens (tertiary/aromatic N) is 3. The minimum absolute atomic E-state index is 0.108. The molecule has 6 heterocycles. The first kappa shape index (κ1) is 43.3. The van der Waals surface area contributed by atoms with Crippen LogP contribution < -0.4 is 9.64 Å². The van der Waals surface area contributed by atoms with Crippen molar-refractivity contribution in [1.29, 1.82) is 0 Å². The second-order valence-electron chi connectivity index (χ2n) is 18.5. The standard InChI is InChI=1S/C46H56I2N4O9/c1-8-42(56)21-26-22-45(40(54)59-6,36-27(11-15-51(23-26)24-42)28-17-31(47)32(48)19-33(28)49-36)30-18-29-34(20-35(30)58-5)50(4)38-44(29)13-16-52-14-10-12-43(9-2,37(44)52)39(61-25(3)53)46(38,57)41(55)60-7/h10,12,17-20,26,37-39,49,56-57H,8-9,11,13-16,21-24H2,1-7H3/t26-,37+,38-,39-,42+,43-,44-,45+,46+/m1/s1. The van der Waals surface area contributed by atoms with Crippen LogP contribution in [0.25, 0.3) is 10.9 Å². The molecule has 328 valence electrons. The van der Waals surface area contributed by atoms with Gasteiger partial charge in [0.1, 0.15) is 11.2 Å². The molecule has 0 radical (unpaired) electrons. The van der Waals surface area contributed by atoms with Crippen molar-refractivity contribution in [2.24, 2.45) is 11.3 Å². The molecule has 0 amide bonds. The predicted octanol–water partition coefficient (Wildman–Crippen LogP) is 5.20. The fraction of sp³-hybridized carbons (Fsp3) is 0.587. The molecule has 2 bridgehead atoms. The van der Waals surface area contributed by atoms with Crippen molar-refractivity contribution in [3.8, 4) is 5.75 Å². The lowest BCUT2D eigenvalue weighted by molar-refractivity contribution is -0.228. The molecule has 10 atom stereocenters. The molecule has 3 aromatic rings. The monoisotopic (exact) mass is 1060 g/mol. The number of piperidine rings is 1. The van der Waals surface area contributed by atoms with Crippen LogP contribution in [0, 0.1) is 18.5 Å². The van der Waals surface area contributed by atoms with E-state index in [9.17, 15) is 19.8 Å². The van der Waals surface area contributed by atoms with E-state index in [1.54, 1.807) is 7.11 Å². The molecule has 3 N–H and O–H groups in total. The molecule has 1 saturated carbocycles. The quantitative estimate of drug-likeness (QED) is 0.124. The van der Waals surface area contributed by atoms with Gasteiger partial charge in [-0.1, -0.05) is 26.0 Å². The highest BCUT2D eigenvalue weighted by atomic mass is 127. The SMILES string of the molecule is CC[C@]1(O)C[C@H]2CN(CCc3c([nH]c4cc(I)c(I)cc34)[C@@](C(=O)OC)(c3cc4c(cc3OC)N(C)[C@H]3[C@@](O)(C(=O)OC)[C@H](OC(C)=O)[C@]5(CC)C=CCN6CC[C@]43[C@@H]65)C2)C1. The van der Waals surface area contributed by atoms with Crippen molar-refractivity contribution >= 4 is 79.7 Å². The van der Waals surface area contributed by atoms with E-state index in [2.05, 4.69) is 90.3 Å². The van der Waals surface area contributed by atoms with Gasteiger partial charge in [-0.05, 0) is 125 Å². The molecule has 3 fully saturated rings. The molecule has 61 heavy (non-hydrogen) atoms. The highest BCUT2D eigenvalue weighted by Gasteiger charge is 2.80. The minimum Gasteiger partial charge on any atom is -0.496 e. The maximum absolute atomic E-state index is 15.5. The number of esters is 3. The smallest absolute Gasteiger partial charge is 0.344 e. The molecule has 15 heteroatoms. The van der Waals surface area contributed by atoms with Crippen molar-refractivity contribution in [2.75, 3.05) is 66.0 Å². The lowest BCUT2D eigenvalue weighted by Crippen LogP contribution is -2.81. The van der Waals surface area contributed by atoms with E-state index in [4.69, 9.17) is 18.9 Å². The summed E-state index contributed by atoms with van der Waals surface area (Å²) in [5.74, 6) is -1.57. The average Bonchev–Trinajstić information content (AvgIpc) is 3.89. The van der Waals surface area contributed by atoms with Crippen LogP contribution in [0.5, 0.6) is 5.75 Å². The van der Waals surface area contributed by atoms with Crippen LogP contribution in [-0.2, 0) is 45.8 Å². The highest BCUT2D eigenvalue weighted by Crippen LogP contribution is 2.68. The summed E-state index contributed by atoms with van der Waals surface area (Å²) in [6.07, 6.45) is 5.92. The number of fused-ring (bicyclic) bond motifs is 6. The van der Waals surface area contributed by atoms with Gasteiger partial charge in [-0.2, -0.15) is 0 Å². The number of halogens is 2. The first-order valence-corrected chi connectivity index (χ1v) is 23.6. The zero-order chi connectivity index (χ0) is 43.6. The Kier molecular flexibility index (Phi) is 10.7. The summed E-state index contributed by atoms with van der Waals surface area (Å²) in [6.45, 7) is 8.61. The van der Waals surface area contributed by atoms with Gasteiger partial charge in [0.05, 0.1) is 33.0 Å². The molecule has 2 saturated heterocycles. The molecular weight excluding hydrogens is 1010 g/mol. The Morgan fingerprint density at radius 1 is 0.934 bits per heavy atom. The number of aromatic nitrogens is 1. The minimum atomic E-state index is -2.31. The molecule has 1 unspecified atom stereocenters. The number of H-pyrrole nitrogens is 1. The second-order valence-corrected chi connectivity index (χ2v) is 20.8. The number of carbonyl (C=O) groups is 3. The van der Waals surface area contributed by atoms with E-state index < -0.39 is 57.5 Å². The zero-order valence-electron chi connectivity index (χ0n) is 35.9. The molecule has 5 aliphatic heterocycles. The molecule has 9 rings (SSSR count). The third-order valence-electron chi connectivity index (χ3n) is 15.7. The maximum Gasteiger partial charge on any atom is 0.344 e.